The molecule has 0 aromatic heterocycles. The molecule has 1 unspecified atom stereocenters. The summed E-state index contributed by atoms with van der Waals surface area (Å²) >= 11 is 0. The van der Waals surface area contributed by atoms with Crippen LogP contribution in [-0.4, -0.2) is 23.7 Å². The minimum atomic E-state index is -0.348. The molecular formula is C13H18FNO2. The van der Waals surface area contributed by atoms with E-state index in [2.05, 4.69) is 5.32 Å². The average molecular weight is 239 g/mol. The van der Waals surface area contributed by atoms with E-state index in [1.807, 2.05) is 0 Å². The van der Waals surface area contributed by atoms with E-state index in [0.29, 0.717) is 24.1 Å². The van der Waals surface area contributed by atoms with Crippen molar-refractivity contribution in [3.05, 3.63) is 35.1 Å². The van der Waals surface area contributed by atoms with Crippen molar-refractivity contribution < 1.29 is 14.3 Å². The molecule has 17 heavy (non-hydrogen) atoms. The lowest BCUT2D eigenvalue weighted by molar-refractivity contribution is 0.0949. The highest BCUT2D eigenvalue weighted by atomic mass is 19.1. The van der Waals surface area contributed by atoms with Crippen molar-refractivity contribution in [2.24, 2.45) is 0 Å². The van der Waals surface area contributed by atoms with Crippen molar-refractivity contribution in [2.45, 2.75) is 32.8 Å². The summed E-state index contributed by atoms with van der Waals surface area (Å²) in [4.78, 5) is 11.7. The molecule has 94 valence electrons. The van der Waals surface area contributed by atoms with Crippen LogP contribution in [0.2, 0.25) is 0 Å². The zero-order chi connectivity index (χ0) is 12.8. The first-order valence-corrected chi connectivity index (χ1v) is 5.73. The van der Waals surface area contributed by atoms with Gasteiger partial charge in [-0.1, -0.05) is 0 Å². The topological polar surface area (TPSA) is 49.3 Å². The van der Waals surface area contributed by atoms with Crippen LogP contribution in [0.3, 0.4) is 0 Å². The molecule has 2 N–H and O–H groups in total. The van der Waals surface area contributed by atoms with Crippen molar-refractivity contribution in [3.63, 3.8) is 0 Å². The summed E-state index contributed by atoms with van der Waals surface area (Å²) in [5.74, 6) is -0.541. The molecule has 0 saturated carbocycles. The number of nitrogens with one attached hydrogen (secondary N) is 1. The number of amides is 1. The number of halogens is 1. The third kappa shape index (κ3) is 4.53. The smallest absolute Gasteiger partial charge is 0.251 e. The first-order chi connectivity index (χ1) is 8.00. The molecule has 0 saturated heterocycles. The lowest BCUT2D eigenvalue weighted by Crippen LogP contribution is -2.25. The van der Waals surface area contributed by atoms with Gasteiger partial charge in [-0.05, 0) is 50.5 Å². The van der Waals surface area contributed by atoms with E-state index in [1.54, 1.807) is 13.8 Å². The molecular weight excluding hydrogens is 221 g/mol. The number of rotatable bonds is 5. The Morgan fingerprint density at radius 3 is 2.82 bits per heavy atom. The summed E-state index contributed by atoms with van der Waals surface area (Å²) in [5, 5.41) is 11.8. The van der Waals surface area contributed by atoms with E-state index in [0.717, 1.165) is 6.42 Å². The summed E-state index contributed by atoms with van der Waals surface area (Å²) in [6.45, 7) is 3.93. The van der Waals surface area contributed by atoms with Crippen LogP contribution in [0, 0.1) is 12.7 Å². The third-order valence-electron chi connectivity index (χ3n) is 2.52. The maximum absolute atomic E-state index is 12.8. The lowest BCUT2D eigenvalue weighted by atomic mass is 10.1. The number of benzene rings is 1. The van der Waals surface area contributed by atoms with Crippen molar-refractivity contribution >= 4 is 5.91 Å². The molecule has 1 aromatic rings. The fraction of sp³-hybridized carbons (Fsp3) is 0.462. The second kappa shape index (κ2) is 6.35. The number of hydrogen-bond donors (Lipinski definition) is 2. The van der Waals surface area contributed by atoms with Crippen LogP contribution in [0.1, 0.15) is 35.7 Å². The molecule has 0 fully saturated rings. The van der Waals surface area contributed by atoms with Crippen LogP contribution in [0.4, 0.5) is 4.39 Å². The fourth-order valence-corrected chi connectivity index (χ4v) is 1.58. The number of carbonyl (C=O) groups excluding carboxylic acids is 1. The van der Waals surface area contributed by atoms with E-state index in [-0.39, 0.29) is 17.8 Å². The molecule has 3 nitrogen and oxygen atoms in total. The monoisotopic (exact) mass is 239 g/mol. The van der Waals surface area contributed by atoms with E-state index in [1.165, 1.54) is 18.2 Å². The number of hydrogen-bond acceptors (Lipinski definition) is 2. The Kier molecular flexibility index (Phi) is 5.10. The highest BCUT2D eigenvalue weighted by Gasteiger charge is 2.08. The normalized spacial score (nSPS) is 12.2. The molecule has 0 radical (unpaired) electrons. The van der Waals surface area contributed by atoms with Gasteiger partial charge in [0.15, 0.2) is 0 Å². The molecule has 4 heteroatoms. The molecule has 0 aliphatic rings. The minimum Gasteiger partial charge on any atom is -0.393 e. The first-order valence-electron chi connectivity index (χ1n) is 5.73. The Balaban J connectivity index is 2.47. The van der Waals surface area contributed by atoms with Gasteiger partial charge in [-0.2, -0.15) is 0 Å². The third-order valence-corrected chi connectivity index (χ3v) is 2.52. The standard InChI is InChI=1S/C13H18FNO2/c1-9-8-11(14)5-6-12(9)13(17)15-7-3-4-10(2)16/h5-6,8,10,16H,3-4,7H2,1-2H3,(H,15,17). The quantitative estimate of drug-likeness (QED) is 0.772. The van der Waals surface area contributed by atoms with Crippen LogP contribution in [0.25, 0.3) is 0 Å². The summed E-state index contributed by atoms with van der Waals surface area (Å²) in [6, 6.07) is 4.09. The van der Waals surface area contributed by atoms with Gasteiger partial charge in [-0.25, -0.2) is 4.39 Å². The molecule has 0 heterocycles. The van der Waals surface area contributed by atoms with Crippen LogP contribution in [0.15, 0.2) is 18.2 Å². The van der Waals surface area contributed by atoms with Gasteiger partial charge in [-0.15, -0.1) is 0 Å². The second-order valence-electron chi connectivity index (χ2n) is 4.21. The molecule has 0 aliphatic heterocycles. The minimum absolute atomic E-state index is 0.201. The van der Waals surface area contributed by atoms with Crippen LogP contribution in [0.5, 0.6) is 0 Å². The Morgan fingerprint density at radius 2 is 2.24 bits per heavy atom. The Morgan fingerprint density at radius 1 is 1.53 bits per heavy atom. The predicted molar refractivity (Wildman–Crippen MR) is 64.4 cm³/mol. The molecule has 0 bridgehead atoms. The summed E-state index contributed by atoms with van der Waals surface area (Å²) in [5.41, 5.74) is 1.11. The second-order valence-corrected chi connectivity index (χ2v) is 4.21. The Bertz CT molecular complexity index is 391. The molecule has 0 aliphatic carbocycles. The van der Waals surface area contributed by atoms with Gasteiger partial charge in [0, 0.05) is 12.1 Å². The highest BCUT2D eigenvalue weighted by Crippen LogP contribution is 2.09. The lowest BCUT2D eigenvalue weighted by Gasteiger charge is -2.08. The van der Waals surface area contributed by atoms with E-state index < -0.39 is 0 Å². The van der Waals surface area contributed by atoms with Crippen molar-refractivity contribution in [3.8, 4) is 0 Å². The van der Waals surface area contributed by atoms with Crippen molar-refractivity contribution in [1.82, 2.24) is 5.32 Å². The zero-order valence-electron chi connectivity index (χ0n) is 10.2. The van der Waals surface area contributed by atoms with E-state index in [9.17, 15) is 9.18 Å². The Labute approximate surface area is 101 Å². The first kappa shape index (κ1) is 13.6. The van der Waals surface area contributed by atoms with Gasteiger partial charge in [0.2, 0.25) is 0 Å². The summed E-state index contributed by atoms with van der Waals surface area (Å²) < 4.78 is 12.8. The van der Waals surface area contributed by atoms with Gasteiger partial charge in [0.25, 0.3) is 5.91 Å². The van der Waals surface area contributed by atoms with Crippen LogP contribution < -0.4 is 5.32 Å². The number of carbonyl (C=O) groups is 1. The largest absolute Gasteiger partial charge is 0.393 e. The summed E-state index contributed by atoms with van der Waals surface area (Å²) in [6.07, 6.45) is 1.03. The summed E-state index contributed by atoms with van der Waals surface area (Å²) in [7, 11) is 0. The molecule has 0 spiro atoms. The van der Waals surface area contributed by atoms with Gasteiger partial charge in [0.1, 0.15) is 5.82 Å². The van der Waals surface area contributed by atoms with Crippen molar-refractivity contribution in [2.75, 3.05) is 6.54 Å². The number of aryl methyl sites for hydroxylation is 1. The van der Waals surface area contributed by atoms with Gasteiger partial charge >= 0.3 is 0 Å². The van der Waals surface area contributed by atoms with E-state index in [4.69, 9.17) is 5.11 Å². The molecule has 1 atom stereocenters. The van der Waals surface area contributed by atoms with Crippen LogP contribution in [-0.2, 0) is 0 Å². The maximum Gasteiger partial charge on any atom is 0.251 e. The zero-order valence-corrected chi connectivity index (χ0v) is 10.2. The molecule has 1 aromatic carbocycles. The van der Waals surface area contributed by atoms with Crippen molar-refractivity contribution in [1.29, 1.82) is 0 Å². The molecule has 1 amide bonds. The van der Waals surface area contributed by atoms with Gasteiger partial charge in [0.05, 0.1) is 6.10 Å². The molecule has 1 rings (SSSR count). The number of aliphatic hydroxyl groups is 1. The van der Waals surface area contributed by atoms with Gasteiger partial charge in [-0.3, -0.25) is 4.79 Å². The fourth-order valence-electron chi connectivity index (χ4n) is 1.58. The van der Waals surface area contributed by atoms with Crippen LogP contribution >= 0.6 is 0 Å². The SMILES string of the molecule is Cc1cc(F)ccc1C(=O)NCCCC(C)O. The Hall–Kier alpha value is -1.42. The average Bonchev–Trinajstić information content (AvgIpc) is 2.23. The predicted octanol–water partition coefficient (Wildman–Crippen LogP) is 2.02. The highest BCUT2D eigenvalue weighted by molar-refractivity contribution is 5.95. The number of aliphatic hydroxyl groups excluding tert-OH is 1. The van der Waals surface area contributed by atoms with Gasteiger partial charge < -0.3 is 10.4 Å². The van der Waals surface area contributed by atoms with E-state index >= 15 is 0 Å². The maximum atomic E-state index is 12.8.